The van der Waals surface area contributed by atoms with Crippen LogP contribution in [-0.4, -0.2) is 12.1 Å². The van der Waals surface area contributed by atoms with Gasteiger partial charge >= 0.3 is 6.18 Å². The number of alkyl halides is 4. The number of aryl methyl sites for hydroxylation is 1. The van der Waals surface area contributed by atoms with E-state index in [9.17, 15) is 18.0 Å². The van der Waals surface area contributed by atoms with Gasteiger partial charge in [-0.05, 0) is 30.0 Å². The smallest absolute Gasteiger partial charge is 0.326 e. The van der Waals surface area contributed by atoms with Gasteiger partial charge in [0, 0.05) is 18.5 Å². The molecule has 1 N–H and O–H groups in total. The van der Waals surface area contributed by atoms with Crippen LogP contribution in [0, 0.1) is 0 Å². The molecular formula is C13H13ClF3NO. The van der Waals surface area contributed by atoms with Crippen molar-refractivity contribution in [1.82, 2.24) is 0 Å². The van der Waals surface area contributed by atoms with Crippen LogP contribution in [0.5, 0.6) is 0 Å². The van der Waals surface area contributed by atoms with Gasteiger partial charge in [-0.1, -0.05) is 12.1 Å². The summed E-state index contributed by atoms with van der Waals surface area (Å²) in [6, 6.07) is 5.14. The van der Waals surface area contributed by atoms with E-state index in [1.165, 1.54) is 0 Å². The van der Waals surface area contributed by atoms with Crippen LogP contribution in [-0.2, 0) is 11.2 Å². The SMILES string of the molecule is O=C1CCc2cc(C(Cl)CCC(F)(F)F)ccc2N1. The van der Waals surface area contributed by atoms with E-state index in [-0.39, 0.29) is 12.3 Å². The number of benzene rings is 1. The average molecular weight is 292 g/mol. The van der Waals surface area contributed by atoms with Crippen LogP contribution in [0.25, 0.3) is 0 Å². The van der Waals surface area contributed by atoms with Crippen molar-refractivity contribution < 1.29 is 18.0 Å². The Morgan fingerprint density at radius 1 is 1.32 bits per heavy atom. The molecule has 1 unspecified atom stereocenters. The Kier molecular flexibility index (Phi) is 4.04. The van der Waals surface area contributed by atoms with E-state index in [0.717, 1.165) is 11.3 Å². The first-order chi connectivity index (χ1) is 8.85. The summed E-state index contributed by atoms with van der Waals surface area (Å²) >= 11 is 6.00. The normalized spacial score (nSPS) is 16.7. The van der Waals surface area contributed by atoms with Crippen molar-refractivity contribution in [3.05, 3.63) is 29.3 Å². The number of amides is 1. The van der Waals surface area contributed by atoms with Gasteiger partial charge in [-0.3, -0.25) is 4.79 Å². The summed E-state index contributed by atoms with van der Waals surface area (Å²) in [4.78, 5) is 11.2. The maximum Gasteiger partial charge on any atom is 0.389 e. The number of carbonyl (C=O) groups is 1. The molecule has 104 valence electrons. The highest BCUT2D eigenvalue weighted by Gasteiger charge is 2.28. The van der Waals surface area contributed by atoms with Crippen LogP contribution in [0.1, 0.15) is 35.8 Å². The van der Waals surface area contributed by atoms with Crippen LogP contribution in [0.3, 0.4) is 0 Å². The van der Waals surface area contributed by atoms with Crippen LogP contribution < -0.4 is 5.32 Å². The number of fused-ring (bicyclic) bond motifs is 1. The Morgan fingerprint density at radius 2 is 2.05 bits per heavy atom. The number of anilines is 1. The number of hydrogen-bond acceptors (Lipinski definition) is 1. The maximum atomic E-state index is 12.1. The van der Waals surface area contributed by atoms with Crippen molar-refractivity contribution in [2.24, 2.45) is 0 Å². The van der Waals surface area contributed by atoms with E-state index in [1.54, 1.807) is 18.2 Å². The lowest BCUT2D eigenvalue weighted by Gasteiger charge is -2.19. The summed E-state index contributed by atoms with van der Waals surface area (Å²) in [6.45, 7) is 0. The van der Waals surface area contributed by atoms with Crippen LogP contribution >= 0.6 is 11.6 Å². The molecule has 1 aromatic carbocycles. The third kappa shape index (κ3) is 3.86. The molecule has 6 heteroatoms. The highest BCUT2D eigenvalue weighted by Crippen LogP contribution is 2.34. The van der Waals surface area contributed by atoms with Gasteiger partial charge in [0.25, 0.3) is 0 Å². The van der Waals surface area contributed by atoms with Crippen LogP contribution in [0.2, 0.25) is 0 Å². The highest BCUT2D eigenvalue weighted by atomic mass is 35.5. The largest absolute Gasteiger partial charge is 0.389 e. The van der Waals surface area contributed by atoms with E-state index in [4.69, 9.17) is 11.6 Å². The Balaban J connectivity index is 2.07. The standard InChI is InChI=1S/C13H13ClF3NO/c14-10(5-6-13(15,16)17)8-1-3-11-9(7-8)2-4-12(19)18-11/h1,3,7,10H,2,4-6H2,(H,18,19). The monoisotopic (exact) mass is 291 g/mol. The minimum Gasteiger partial charge on any atom is -0.326 e. The third-order valence-electron chi connectivity index (χ3n) is 3.07. The molecule has 0 saturated heterocycles. The van der Waals surface area contributed by atoms with E-state index in [2.05, 4.69) is 5.32 Å². The number of hydrogen-bond donors (Lipinski definition) is 1. The van der Waals surface area contributed by atoms with Crippen LogP contribution in [0.4, 0.5) is 18.9 Å². The summed E-state index contributed by atoms with van der Waals surface area (Å²) < 4.78 is 36.4. The summed E-state index contributed by atoms with van der Waals surface area (Å²) in [5.74, 6) is -0.0419. The van der Waals surface area contributed by atoms with Crippen molar-refractivity contribution in [2.75, 3.05) is 5.32 Å². The lowest BCUT2D eigenvalue weighted by atomic mass is 9.98. The fraction of sp³-hybridized carbons (Fsp3) is 0.462. The zero-order valence-corrected chi connectivity index (χ0v) is 10.8. The number of carbonyl (C=O) groups excluding carboxylic acids is 1. The predicted octanol–water partition coefficient (Wildman–Crippen LogP) is 4.19. The molecule has 1 aromatic rings. The third-order valence-corrected chi connectivity index (χ3v) is 3.54. The molecule has 0 aromatic heterocycles. The first kappa shape index (κ1) is 14.2. The van der Waals surface area contributed by atoms with Gasteiger partial charge in [-0.25, -0.2) is 0 Å². The molecule has 0 fully saturated rings. The topological polar surface area (TPSA) is 29.1 Å². The fourth-order valence-corrected chi connectivity index (χ4v) is 2.30. The lowest BCUT2D eigenvalue weighted by molar-refractivity contribution is -0.135. The van der Waals surface area contributed by atoms with E-state index in [0.29, 0.717) is 18.4 Å². The summed E-state index contributed by atoms with van der Waals surface area (Å²) in [7, 11) is 0. The average Bonchev–Trinajstić information content (AvgIpc) is 2.34. The molecule has 2 nitrogen and oxygen atoms in total. The predicted molar refractivity (Wildman–Crippen MR) is 67.3 cm³/mol. The Bertz CT molecular complexity index is 487. The molecule has 0 bridgehead atoms. The van der Waals surface area contributed by atoms with Crippen molar-refractivity contribution in [1.29, 1.82) is 0 Å². The zero-order chi connectivity index (χ0) is 14.0. The molecule has 2 rings (SSSR count). The van der Waals surface area contributed by atoms with Gasteiger partial charge in [0.1, 0.15) is 0 Å². The van der Waals surface area contributed by atoms with Crippen molar-refractivity contribution in [3.8, 4) is 0 Å². The molecule has 0 aliphatic carbocycles. The maximum absolute atomic E-state index is 12.1. The molecule has 1 aliphatic rings. The summed E-state index contributed by atoms with van der Waals surface area (Å²) in [6.07, 6.45) is -4.23. The molecule has 0 radical (unpaired) electrons. The second-order valence-electron chi connectivity index (χ2n) is 4.59. The molecule has 0 spiro atoms. The minimum atomic E-state index is -4.19. The quantitative estimate of drug-likeness (QED) is 0.831. The van der Waals surface area contributed by atoms with E-state index in [1.807, 2.05) is 0 Å². The summed E-state index contributed by atoms with van der Waals surface area (Å²) in [5.41, 5.74) is 2.32. The van der Waals surface area contributed by atoms with Gasteiger partial charge in [0.05, 0.1) is 5.38 Å². The van der Waals surface area contributed by atoms with Gasteiger partial charge in [-0.2, -0.15) is 13.2 Å². The highest BCUT2D eigenvalue weighted by molar-refractivity contribution is 6.20. The van der Waals surface area contributed by atoms with Crippen LogP contribution in [0.15, 0.2) is 18.2 Å². The second kappa shape index (κ2) is 5.41. The van der Waals surface area contributed by atoms with Crippen molar-refractivity contribution in [2.45, 2.75) is 37.2 Å². The van der Waals surface area contributed by atoms with Gasteiger partial charge in [0.2, 0.25) is 5.91 Å². The first-order valence-corrected chi connectivity index (χ1v) is 6.42. The first-order valence-electron chi connectivity index (χ1n) is 5.98. The summed E-state index contributed by atoms with van der Waals surface area (Å²) in [5, 5.41) is 2.06. The zero-order valence-electron chi connectivity index (χ0n) is 10.1. The number of rotatable bonds is 3. The Labute approximate surface area is 113 Å². The van der Waals surface area contributed by atoms with Gasteiger partial charge in [-0.15, -0.1) is 11.6 Å². The lowest BCUT2D eigenvalue weighted by Crippen LogP contribution is -2.19. The molecule has 1 atom stereocenters. The molecular weight excluding hydrogens is 279 g/mol. The Hall–Kier alpha value is -1.23. The molecule has 0 saturated carbocycles. The van der Waals surface area contributed by atoms with E-state index >= 15 is 0 Å². The van der Waals surface area contributed by atoms with Gasteiger partial charge in [0.15, 0.2) is 0 Å². The number of nitrogens with one attached hydrogen (secondary N) is 1. The molecule has 1 amide bonds. The second-order valence-corrected chi connectivity index (χ2v) is 5.11. The fourth-order valence-electron chi connectivity index (χ4n) is 2.06. The molecule has 19 heavy (non-hydrogen) atoms. The van der Waals surface area contributed by atoms with Gasteiger partial charge < -0.3 is 5.32 Å². The number of halogens is 4. The minimum absolute atomic E-state index is 0.0419. The molecule has 1 heterocycles. The van der Waals surface area contributed by atoms with Crippen molar-refractivity contribution >= 4 is 23.2 Å². The molecule has 1 aliphatic heterocycles. The van der Waals surface area contributed by atoms with Crippen molar-refractivity contribution in [3.63, 3.8) is 0 Å². The van der Waals surface area contributed by atoms with E-state index < -0.39 is 18.0 Å². The Morgan fingerprint density at radius 3 is 2.74 bits per heavy atom.